The van der Waals surface area contributed by atoms with Crippen LogP contribution in [-0.4, -0.2) is 18.3 Å². The maximum Gasteiger partial charge on any atom is 0.0106 e. The third kappa shape index (κ3) is 4.36. The highest BCUT2D eigenvalue weighted by atomic mass is 32.2. The second-order valence-corrected chi connectivity index (χ2v) is 6.04. The molecular weight excluding hydrogens is 226 g/mol. The molecule has 1 aromatic rings. The van der Waals surface area contributed by atoms with Crippen molar-refractivity contribution in [3.8, 4) is 0 Å². The molecule has 1 nitrogen and oxygen atoms in total. The molecule has 0 spiro atoms. The molecule has 1 aliphatic carbocycles. The van der Waals surface area contributed by atoms with Gasteiger partial charge >= 0.3 is 0 Å². The molecule has 1 saturated carbocycles. The molecule has 0 radical (unpaired) electrons. The van der Waals surface area contributed by atoms with Crippen molar-refractivity contribution in [2.24, 2.45) is 0 Å². The van der Waals surface area contributed by atoms with Crippen LogP contribution in [0.25, 0.3) is 0 Å². The Bertz CT molecular complexity index is 331. The van der Waals surface area contributed by atoms with Crippen LogP contribution in [0.5, 0.6) is 0 Å². The highest BCUT2D eigenvalue weighted by Crippen LogP contribution is 2.21. The van der Waals surface area contributed by atoms with Gasteiger partial charge in [0.15, 0.2) is 0 Å². The summed E-state index contributed by atoms with van der Waals surface area (Å²) in [5.41, 5.74) is 1.40. The molecule has 0 unspecified atom stereocenters. The van der Waals surface area contributed by atoms with Gasteiger partial charge in [0.25, 0.3) is 0 Å². The minimum absolute atomic E-state index is 0.793. The molecule has 2 heteroatoms. The van der Waals surface area contributed by atoms with Gasteiger partial charge in [-0.15, -0.1) is 11.8 Å². The minimum Gasteiger partial charge on any atom is -0.313 e. The molecule has 0 saturated heterocycles. The van der Waals surface area contributed by atoms with E-state index in [1.54, 1.807) is 0 Å². The molecule has 0 heterocycles. The first-order valence-electron chi connectivity index (χ1n) is 6.78. The number of nitrogens with one attached hydrogen (secondary N) is 1. The van der Waals surface area contributed by atoms with Gasteiger partial charge in [0.05, 0.1) is 0 Å². The van der Waals surface area contributed by atoms with E-state index in [-0.39, 0.29) is 0 Å². The summed E-state index contributed by atoms with van der Waals surface area (Å²) in [6, 6.07) is 9.45. The summed E-state index contributed by atoms with van der Waals surface area (Å²) in [4.78, 5) is 1.43. The highest BCUT2D eigenvalue weighted by Gasteiger charge is 2.11. The van der Waals surface area contributed by atoms with Crippen LogP contribution in [0.15, 0.2) is 29.2 Å². The van der Waals surface area contributed by atoms with Crippen molar-refractivity contribution in [2.75, 3.05) is 12.3 Å². The van der Waals surface area contributed by atoms with Crippen molar-refractivity contribution < 1.29 is 0 Å². The molecule has 0 bridgehead atoms. The molecule has 0 aliphatic heterocycles. The van der Waals surface area contributed by atoms with Crippen LogP contribution in [0.1, 0.15) is 37.7 Å². The summed E-state index contributed by atoms with van der Waals surface area (Å²) in [6.45, 7) is 3.33. The van der Waals surface area contributed by atoms with E-state index in [4.69, 9.17) is 0 Å². The lowest BCUT2D eigenvalue weighted by Gasteiger charge is -2.22. The number of hydrogen-bond acceptors (Lipinski definition) is 2. The number of aryl methyl sites for hydroxylation is 1. The first-order valence-corrected chi connectivity index (χ1v) is 7.76. The van der Waals surface area contributed by atoms with Gasteiger partial charge in [-0.05, 0) is 31.4 Å². The van der Waals surface area contributed by atoms with Crippen LogP contribution in [0, 0.1) is 6.92 Å². The zero-order chi connectivity index (χ0) is 11.9. The average molecular weight is 249 g/mol. The van der Waals surface area contributed by atoms with Crippen molar-refractivity contribution in [3.63, 3.8) is 0 Å². The number of benzene rings is 1. The zero-order valence-corrected chi connectivity index (χ0v) is 11.6. The number of thioether (sulfide) groups is 1. The largest absolute Gasteiger partial charge is 0.313 e. The van der Waals surface area contributed by atoms with Gasteiger partial charge in [-0.1, -0.05) is 37.5 Å². The number of hydrogen-bond donors (Lipinski definition) is 1. The summed E-state index contributed by atoms with van der Waals surface area (Å²) in [6.07, 6.45) is 7.05. The summed E-state index contributed by atoms with van der Waals surface area (Å²) in [5, 5.41) is 3.69. The Kier molecular flexibility index (Phi) is 5.40. The minimum atomic E-state index is 0.793. The lowest BCUT2D eigenvalue weighted by molar-refractivity contribution is 0.381. The molecule has 0 aromatic heterocycles. The smallest absolute Gasteiger partial charge is 0.0106 e. The first-order chi connectivity index (χ1) is 8.36. The van der Waals surface area contributed by atoms with E-state index in [2.05, 4.69) is 36.5 Å². The second kappa shape index (κ2) is 7.07. The lowest BCUT2D eigenvalue weighted by Crippen LogP contribution is -2.32. The van der Waals surface area contributed by atoms with E-state index in [1.165, 1.54) is 48.3 Å². The van der Waals surface area contributed by atoms with Crippen molar-refractivity contribution >= 4 is 11.8 Å². The van der Waals surface area contributed by atoms with Crippen LogP contribution < -0.4 is 5.32 Å². The van der Waals surface area contributed by atoms with Crippen LogP contribution in [0.4, 0.5) is 0 Å². The Morgan fingerprint density at radius 1 is 1.18 bits per heavy atom. The van der Waals surface area contributed by atoms with Crippen molar-refractivity contribution in [1.29, 1.82) is 0 Å². The average Bonchev–Trinajstić information content (AvgIpc) is 2.38. The van der Waals surface area contributed by atoms with E-state index in [1.807, 2.05) is 11.8 Å². The fourth-order valence-corrected chi connectivity index (χ4v) is 3.36. The van der Waals surface area contributed by atoms with E-state index in [0.717, 1.165) is 12.6 Å². The highest BCUT2D eigenvalue weighted by molar-refractivity contribution is 7.99. The van der Waals surface area contributed by atoms with Crippen molar-refractivity contribution in [2.45, 2.75) is 50.0 Å². The quantitative estimate of drug-likeness (QED) is 0.625. The molecule has 1 aliphatic rings. The SMILES string of the molecule is Cc1ccccc1SCCNC1CCCCC1. The fourth-order valence-electron chi connectivity index (χ4n) is 2.45. The molecule has 1 N–H and O–H groups in total. The molecular formula is C15H23NS. The van der Waals surface area contributed by atoms with Gasteiger partial charge in [0.1, 0.15) is 0 Å². The Labute approximate surface area is 109 Å². The molecule has 0 amide bonds. The van der Waals surface area contributed by atoms with Gasteiger partial charge in [0.2, 0.25) is 0 Å². The van der Waals surface area contributed by atoms with Crippen LogP contribution in [-0.2, 0) is 0 Å². The third-order valence-corrected chi connectivity index (χ3v) is 4.67. The standard InChI is InChI=1S/C15H23NS/c1-13-7-5-6-10-15(13)17-12-11-16-14-8-3-2-4-9-14/h5-7,10,14,16H,2-4,8-9,11-12H2,1H3. The van der Waals surface area contributed by atoms with Crippen molar-refractivity contribution in [1.82, 2.24) is 5.32 Å². The van der Waals surface area contributed by atoms with Gasteiger partial charge in [-0.3, -0.25) is 0 Å². The summed E-state index contributed by atoms with van der Waals surface area (Å²) < 4.78 is 0. The topological polar surface area (TPSA) is 12.0 Å². The molecule has 94 valence electrons. The second-order valence-electron chi connectivity index (χ2n) is 4.90. The van der Waals surface area contributed by atoms with E-state index in [0.29, 0.717) is 0 Å². The van der Waals surface area contributed by atoms with Gasteiger partial charge in [-0.25, -0.2) is 0 Å². The summed E-state index contributed by atoms with van der Waals surface area (Å²) in [5.74, 6) is 1.18. The Morgan fingerprint density at radius 3 is 2.71 bits per heavy atom. The monoisotopic (exact) mass is 249 g/mol. The van der Waals surface area contributed by atoms with Crippen LogP contribution in [0.3, 0.4) is 0 Å². The molecule has 17 heavy (non-hydrogen) atoms. The summed E-state index contributed by atoms with van der Waals surface area (Å²) in [7, 11) is 0. The van der Waals surface area contributed by atoms with Gasteiger partial charge < -0.3 is 5.32 Å². The summed E-state index contributed by atoms with van der Waals surface area (Å²) >= 11 is 1.97. The molecule has 0 atom stereocenters. The Hall–Kier alpha value is -0.470. The van der Waals surface area contributed by atoms with E-state index >= 15 is 0 Å². The molecule has 1 aromatic carbocycles. The first kappa shape index (κ1) is 13.0. The van der Waals surface area contributed by atoms with Crippen molar-refractivity contribution in [3.05, 3.63) is 29.8 Å². The Morgan fingerprint density at radius 2 is 1.94 bits per heavy atom. The van der Waals surface area contributed by atoms with E-state index in [9.17, 15) is 0 Å². The predicted octanol–water partition coefficient (Wildman–Crippen LogP) is 4.01. The van der Waals surface area contributed by atoms with Gasteiger partial charge in [-0.2, -0.15) is 0 Å². The number of rotatable bonds is 5. The fraction of sp³-hybridized carbons (Fsp3) is 0.600. The molecule has 2 rings (SSSR count). The zero-order valence-electron chi connectivity index (χ0n) is 10.7. The third-order valence-electron chi connectivity index (χ3n) is 3.49. The van der Waals surface area contributed by atoms with Gasteiger partial charge in [0, 0.05) is 23.2 Å². The normalized spacial score (nSPS) is 17.2. The predicted molar refractivity (Wildman–Crippen MR) is 76.8 cm³/mol. The maximum atomic E-state index is 3.69. The lowest BCUT2D eigenvalue weighted by atomic mass is 9.96. The Balaban J connectivity index is 1.64. The maximum absolute atomic E-state index is 3.69. The van der Waals surface area contributed by atoms with E-state index < -0.39 is 0 Å². The van der Waals surface area contributed by atoms with Crippen LogP contribution in [0.2, 0.25) is 0 Å². The van der Waals surface area contributed by atoms with Crippen LogP contribution >= 0.6 is 11.8 Å². The molecule has 1 fully saturated rings.